The van der Waals surface area contributed by atoms with Crippen LogP contribution >= 0.6 is 22.9 Å². The smallest absolute Gasteiger partial charge is 0.322 e. The summed E-state index contributed by atoms with van der Waals surface area (Å²) in [7, 11) is 0. The summed E-state index contributed by atoms with van der Waals surface area (Å²) in [4.78, 5) is 30.2. The Hall–Kier alpha value is -3.17. The molecule has 0 saturated carbocycles. The number of aryl methyl sites for hydroxylation is 1. The lowest BCUT2D eigenvalue weighted by atomic mass is 10.1. The lowest BCUT2D eigenvalue weighted by Crippen LogP contribution is -2.26. The molecule has 1 N–H and O–H groups in total. The molecule has 0 atom stereocenters. The van der Waals surface area contributed by atoms with Gasteiger partial charge in [-0.2, -0.15) is 13.2 Å². The molecule has 2 aromatic heterocycles. The van der Waals surface area contributed by atoms with Crippen LogP contribution in [0.25, 0.3) is 16.2 Å². The average Bonchev–Trinajstić information content (AvgIpc) is 3.14. The fourth-order valence-electron chi connectivity index (χ4n) is 2.99. The molecule has 0 fully saturated rings. The number of alkyl halides is 3. The molecule has 0 unspecified atom stereocenters. The van der Waals surface area contributed by atoms with Gasteiger partial charge in [0.15, 0.2) is 4.96 Å². The van der Waals surface area contributed by atoms with Crippen LogP contribution in [0.5, 0.6) is 0 Å². The molecule has 2 heterocycles. The van der Waals surface area contributed by atoms with Crippen LogP contribution in [-0.2, 0) is 6.18 Å². The van der Waals surface area contributed by atoms with Crippen LogP contribution in [0, 0.1) is 6.92 Å². The molecule has 2 aromatic carbocycles. The second-order valence-corrected chi connectivity index (χ2v) is 7.97. The molecule has 4 aromatic rings. The number of anilines is 1. The number of thiazole rings is 1. The lowest BCUT2D eigenvalue weighted by molar-refractivity contribution is -0.137. The normalized spacial score (nSPS) is 11.6. The molecule has 158 valence electrons. The summed E-state index contributed by atoms with van der Waals surface area (Å²) in [6.45, 7) is 1.94. The summed E-state index contributed by atoms with van der Waals surface area (Å²) >= 11 is 6.84. The summed E-state index contributed by atoms with van der Waals surface area (Å²) in [5, 5.41) is 3.58. The number of amides is 1. The van der Waals surface area contributed by atoms with Gasteiger partial charge in [0.25, 0.3) is 11.5 Å². The first-order chi connectivity index (χ1) is 14.6. The Labute approximate surface area is 182 Å². The maximum absolute atomic E-state index is 13.1. The molecular weight excluding hydrogens is 451 g/mol. The Balaban J connectivity index is 1.73. The number of hydrogen-bond acceptors (Lipinski definition) is 4. The van der Waals surface area contributed by atoms with Crippen molar-refractivity contribution in [3.05, 3.63) is 86.1 Å². The highest BCUT2D eigenvalue weighted by molar-refractivity contribution is 7.15. The second kappa shape index (κ2) is 7.82. The Kier molecular flexibility index (Phi) is 5.32. The highest BCUT2D eigenvalue weighted by Crippen LogP contribution is 2.36. The van der Waals surface area contributed by atoms with Gasteiger partial charge in [-0.25, -0.2) is 4.98 Å². The molecule has 31 heavy (non-hydrogen) atoms. The third kappa shape index (κ3) is 4.06. The van der Waals surface area contributed by atoms with Crippen molar-refractivity contribution in [2.24, 2.45) is 0 Å². The van der Waals surface area contributed by atoms with Crippen LogP contribution in [0.4, 0.5) is 18.9 Å². The van der Waals surface area contributed by atoms with E-state index in [9.17, 15) is 22.8 Å². The molecule has 5 nitrogen and oxygen atoms in total. The molecule has 10 heteroatoms. The molecule has 0 aliphatic heterocycles. The highest BCUT2D eigenvalue weighted by atomic mass is 35.5. The number of hydrogen-bond donors (Lipinski definition) is 1. The van der Waals surface area contributed by atoms with Crippen LogP contribution in [-0.4, -0.2) is 15.3 Å². The van der Waals surface area contributed by atoms with Gasteiger partial charge in [-0.3, -0.25) is 14.0 Å². The number of carbonyl (C=O) groups excluding carboxylic acids is 1. The van der Waals surface area contributed by atoms with Gasteiger partial charge in [-0.1, -0.05) is 41.4 Å². The summed E-state index contributed by atoms with van der Waals surface area (Å²) in [6.07, 6.45) is -3.57. The van der Waals surface area contributed by atoms with E-state index in [1.807, 2.05) is 31.2 Å². The number of aromatic nitrogens is 2. The molecule has 0 spiro atoms. The third-order valence-electron chi connectivity index (χ3n) is 4.57. The molecule has 0 radical (unpaired) electrons. The largest absolute Gasteiger partial charge is 0.417 e. The van der Waals surface area contributed by atoms with Crippen LogP contribution < -0.4 is 10.9 Å². The molecule has 0 aliphatic rings. The predicted molar refractivity (Wildman–Crippen MR) is 114 cm³/mol. The minimum absolute atomic E-state index is 0.143. The van der Waals surface area contributed by atoms with Gasteiger partial charge in [0.2, 0.25) is 0 Å². The first kappa shape index (κ1) is 21.1. The third-order valence-corrected chi connectivity index (χ3v) is 5.74. The quantitative estimate of drug-likeness (QED) is 0.426. The van der Waals surface area contributed by atoms with Gasteiger partial charge in [0.05, 0.1) is 16.3 Å². The van der Waals surface area contributed by atoms with Crippen molar-refractivity contribution in [2.45, 2.75) is 13.1 Å². The van der Waals surface area contributed by atoms with Gasteiger partial charge >= 0.3 is 6.18 Å². The van der Waals surface area contributed by atoms with Crippen molar-refractivity contribution in [3.63, 3.8) is 0 Å². The van der Waals surface area contributed by atoms with Gasteiger partial charge in [-0.15, -0.1) is 11.3 Å². The fraction of sp³-hybridized carbons (Fsp3) is 0.0952. The first-order valence-corrected chi connectivity index (χ1v) is 10.2. The molecular formula is C21H13ClF3N3O2S. The summed E-state index contributed by atoms with van der Waals surface area (Å²) < 4.78 is 40.5. The number of nitrogens with zero attached hydrogens (tertiary/aromatic N) is 2. The van der Waals surface area contributed by atoms with Gasteiger partial charge in [0.1, 0.15) is 5.56 Å². The van der Waals surface area contributed by atoms with E-state index < -0.39 is 28.2 Å². The minimum atomic E-state index is -4.68. The number of fused-ring (bicyclic) bond motifs is 1. The number of rotatable bonds is 3. The Morgan fingerprint density at radius 3 is 2.55 bits per heavy atom. The van der Waals surface area contributed by atoms with Gasteiger partial charge < -0.3 is 5.32 Å². The zero-order valence-electron chi connectivity index (χ0n) is 15.8. The maximum Gasteiger partial charge on any atom is 0.417 e. The SMILES string of the molecule is Cc1ccc(-c2csc3ncc(C(=O)Nc4ccc(Cl)c(C(F)(F)F)c4)c(=O)n23)cc1. The van der Waals surface area contributed by atoms with Crippen LogP contribution in [0.3, 0.4) is 0 Å². The Bertz CT molecular complexity index is 1360. The molecule has 4 rings (SSSR count). The van der Waals surface area contributed by atoms with E-state index >= 15 is 0 Å². The number of halogens is 4. The minimum Gasteiger partial charge on any atom is -0.322 e. The predicted octanol–water partition coefficient (Wildman–Crippen LogP) is 5.66. The van der Waals surface area contributed by atoms with E-state index in [-0.39, 0.29) is 11.3 Å². The molecule has 0 saturated heterocycles. The van der Waals surface area contributed by atoms with E-state index in [2.05, 4.69) is 10.3 Å². The number of nitrogens with one attached hydrogen (secondary N) is 1. The topological polar surface area (TPSA) is 63.5 Å². The fourth-order valence-corrected chi connectivity index (χ4v) is 4.08. The van der Waals surface area contributed by atoms with Crippen LogP contribution in [0.1, 0.15) is 21.5 Å². The Morgan fingerprint density at radius 1 is 1.16 bits per heavy atom. The van der Waals surface area contributed by atoms with E-state index in [4.69, 9.17) is 11.6 Å². The van der Waals surface area contributed by atoms with Crippen molar-refractivity contribution in [1.82, 2.24) is 9.38 Å². The first-order valence-electron chi connectivity index (χ1n) is 8.89. The van der Waals surface area contributed by atoms with Crippen LogP contribution in [0.2, 0.25) is 5.02 Å². The monoisotopic (exact) mass is 463 g/mol. The summed E-state index contributed by atoms with van der Waals surface area (Å²) in [5.74, 6) is -0.872. The highest BCUT2D eigenvalue weighted by Gasteiger charge is 2.33. The maximum atomic E-state index is 13.1. The zero-order valence-corrected chi connectivity index (χ0v) is 17.4. The summed E-state index contributed by atoms with van der Waals surface area (Å²) in [6, 6.07) is 10.5. The van der Waals surface area contributed by atoms with Crippen molar-refractivity contribution >= 4 is 39.5 Å². The number of benzene rings is 2. The lowest BCUT2D eigenvalue weighted by Gasteiger charge is -2.11. The Morgan fingerprint density at radius 2 is 1.87 bits per heavy atom. The molecule has 1 amide bonds. The zero-order chi connectivity index (χ0) is 22.3. The van der Waals surface area contributed by atoms with Crippen molar-refractivity contribution < 1.29 is 18.0 Å². The standard InChI is InChI=1S/C21H13ClF3N3O2S/c1-11-2-4-12(5-3-11)17-10-31-20-26-9-14(19(30)28(17)20)18(29)27-13-6-7-16(22)15(8-13)21(23,24)25/h2-10H,1H3,(H,27,29). The molecule has 0 aliphatic carbocycles. The van der Waals surface area contributed by atoms with Crippen molar-refractivity contribution in [2.75, 3.05) is 5.32 Å². The summed E-state index contributed by atoms with van der Waals surface area (Å²) in [5.41, 5.74) is 0.239. The van der Waals surface area contributed by atoms with Crippen molar-refractivity contribution in [3.8, 4) is 11.3 Å². The van der Waals surface area contributed by atoms with E-state index in [0.717, 1.165) is 23.4 Å². The average molecular weight is 464 g/mol. The van der Waals surface area contributed by atoms with E-state index in [1.165, 1.54) is 21.8 Å². The van der Waals surface area contributed by atoms with Crippen molar-refractivity contribution in [1.29, 1.82) is 0 Å². The van der Waals surface area contributed by atoms with Gasteiger partial charge in [0, 0.05) is 17.3 Å². The van der Waals surface area contributed by atoms with Crippen LogP contribution in [0.15, 0.2) is 58.8 Å². The molecule has 0 bridgehead atoms. The van der Waals surface area contributed by atoms with E-state index in [1.54, 1.807) is 5.38 Å². The number of carbonyl (C=O) groups is 1. The second-order valence-electron chi connectivity index (χ2n) is 6.73. The van der Waals surface area contributed by atoms with E-state index in [0.29, 0.717) is 16.7 Å². The van der Waals surface area contributed by atoms with Gasteiger partial charge in [-0.05, 0) is 30.7 Å².